The summed E-state index contributed by atoms with van der Waals surface area (Å²) in [6.07, 6.45) is 8.68. The lowest BCUT2D eigenvalue weighted by molar-refractivity contribution is -0.160. The van der Waals surface area contributed by atoms with Gasteiger partial charge in [-0.05, 0) is 31.4 Å². The van der Waals surface area contributed by atoms with Crippen LogP contribution in [0, 0.1) is 11.8 Å². The van der Waals surface area contributed by atoms with Crippen molar-refractivity contribution in [3.05, 3.63) is 53.6 Å². The maximum absolute atomic E-state index is 14.2. The van der Waals surface area contributed by atoms with Gasteiger partial charge in [-0.2, -0.15) is 0 Å². The number of aliphatic hydroxyl groups excluding tert-OH is 1. The van der Waals surface area contributed by atoms with Crippen LogP contribution >= 0.6 is 11.6 Å². The molecule has 0 aliphatic carbocycles. The molecule has 4 heterocycles. The summed E-state index contributed by atoms with van der Waals surface area (Å²) in [6, 6.07) is 6.04. The van der Waals surface area contributed by atoms with Crippen molar-refractivity contribution >= 4 is 35.1 Å². The van der Waals surface area contributed by atoms with Gasteiger partial charge in [0, 0.05) is 19.7 Å². The van der Waals surface area contributed by atoms with Gasteiger partial charge in [-0.3, -0.25) is 14.4 Å². The standard InChI is InChI=1S/C26H29ClN2O6/c1-2-25-11-5-6-16-34-24(33)20(25)19-22(31)29(14-8-15-30)21-23(32)28(13-7-12-26(19,21)35-25)18-10-4-3-9-17(18)27/h3-5,7,9-12,19-21,30H,2,6,8,13-16H2,1H3/t19-,20+,21?,25-,26-/m0/s1. The smallest absolute Gasteiger partial charge is 0.313 e. The number of halogens is 1. The van der Waals surface area contributed by atoms with Crippen LogP contribution in [0.3, 0.4) is 0 Å². The van der Waals surface area contributed by atoms with Crippen molar-refractivity contribution < 1.29 is 29.0 Å². The molecule has 1 unspecified atom stereocenters. The first-order valence-electron chi connectivity index (χ1n) is 12.1. The molecule has 9 heteroatoms. The minimum Gasteiger partial charge on any atom is -0.465 e. The van der Waals surface area contributed by atoms with E-state index < -0.39 is 35.0 Å². The van der Waals surface area contributed by atoms with Crippen LogP contribution in [-0.4, -0.2) is 71.3 Å². The zero-order chi connectivity index (χ0) is 24.8. The second-order valence-corrected chi connectivity index (χ2v) is 9.80. The third kappa shape index (κ3) is 3.53. The summed E-state index contributed by atoms with van der Waals surface area (Å²) >= 11 is 6.44. The number of esters is 1. The summed E-state index contributed by atoms with van der Waals surface area (Å²) in [4.78, 5) is 44.5. The molecule has 0 bridgehead atoms. The Morgan fingerprint density at radius 3 is 2.66 bits per heavy atom. The SMILES string of the molecule is CC[C@]12C=CCCOC(=O)[C@H]1[C@H]1C(=O)N(CCCO)C3C(=O)N(c4ccccc4Cl)CC=C[C@@]31O2. The zero-order valence-corrected chi connectivity index (χ0v) is 20.3. The fraction of sp³-hybridized carbons (Fsp3) is 0.500. The molecule has 0 saturated carbocycles. The van der Waals surface area contributed by atoms with E-state index in [0.717, 1.165) is 0 Å². The van der Waals surface area contributed by atoms with Crippen molar-refractivity contribution in [2.45, 2.75) is 43.4 Å². The molecular formula is C26H29ClN2O6. The highest BCUT2D eigenvalue weighted by molar-refractivity contribution is 6.34. The van der Waals surface area contributed by atoms with Gasteiger partial charge in [-0.1, -0.05) is 55.0 Å². The Kier molecular flexibility index (Phi) is 6.23. The summed E-state index contributed by atoms with van der Waals surface area (Å²) in [7, 11) is 0. The van der Waals surface area contributed by atoms with Crippen LogP contribution in [0.5, 0.6) is 0 Å². The molecule has 1 aromatic rings. The number of para-hydroxylation sites is 1. The van der Waals surface area contributed by atoms with E-state index >= 15 is 0 Å². The molecule has 2 fully saturated rings. The lowest BCUT2D eigenvalue weighted by Crippen LogP contribution is -2.56. The number of cyclic esters (lactones) is 1. The highest BCUT2D eigenvalue weighted by Crippen LogP contribution is 2.58. The Bertz CT molecular complexity index is 1110. The third-order valence-electron chi connectivity index (χ3n) is 7.60. The van der Waals surface area contributed by atoms with E-state index in [1.54, 1.807) is 35.2 Å². The summed E-state index contributed by atoms with van der Waals surface area (Å²) in [5.41, 5.74) is -1.88. The maximum atomic E-state index is 14.2. The number of ether oxygens (including phenoxy) is 2. The van der Waals surface area contributed by atoms with Crippen LogP contribution < -0.4 is 4.90 Å². The predicted molar refractivity (Wildman–Crippen MR) is 129 cm³/mol. The van der Waals surface area contributed by atoms with Crippen molar-refractivity contribution in [1.82, 2.24) is 4.90 Å². The van der Waals surface area contributed by atoms with Gasteiger partial charge in [-0.15, -0.1) is 0 Å². The van der Waals surface area contributed by atoms with Gasteiger partial charge < -0.3 is 24.4 Å². The van der Waals surface area contributed by atoms with E-state index in [1.165, 1.54) is 4.90 Å². The number of likely N-dealkylation sites (tertiary alicyclic amines) is 1. The Hall–Kier alpha value is -2.68. The normalized spacial score (nSPS) is 34.1. The summed E-state index contributed by atoms with van der Waals surface area (Å²) in [6.45, 7) is 2.40. The molecule has 0 radical (unpaired) electrons. The molecule has 5 atom stereocenters. The number of aliphatic hydroxyl groups is 1. The lowest BCUT2D eigenvalue weighted by Gasteiger charge is -2.38. The topological polar surface area (TPSA) is 96.4 Å². The van der Waals surface area contributed by atoms with Crippen molar-refractivity contribution in [2.24, 2.45) is 11.8 Å². The van der Waals surface area contributed by atoms with Gasteiger partial charge in [0.1, 0.15) is 23.2 Å². The fourth-order valence-electron chi connectivity index (χ4n) is 6.10. The van der Waals surface area contributed by atoms with Crippen molar-refractivity contribution in [1.29, 1.82) is 0 Å². The van der Waals surface area contributed by atoms with E-state index in [0.29, 0.717) is 30.0 Å². The van der Waals surface area contributed by atoms with Crippen LogP contribution in [0.25, 0.3) is 0 Å². The van der Waals surface area contributed by atoms with E-state index in [4.69, 9.17) is 21.1 Å². The maximum Gasteiger partial charge on any atom is 0.313 e. The molecule has 1 aromatic carbocycles. The Morgan fingerprint density at radius 2 is 1.91 bits per heavy atom. The van der Waals surface area contributed by atoms with E-state index in [1.807, 2.05) is 25.2 Å². The molecule has 8 nitrogen and oxygen atoms in total. The van der Waals surface area contributed by atoms with Crippen molar-refractivity contribution in [3.63, 3.8) is 0 Å². The summed E-state index contributed by atoms with van der Waals surface area (Å²) < 4.78 is 12.3. The number of amides is 2. The van der Waals surface area contributed by atoms with Gasteiger partial charge >= 0.3 is 5.97 Å². The average Bonchev–Trinajstić information content (AvgIpc) is 3.19. The quantitative estimate of drug-likeness (QED) is 0.493. The molecule has 2 amide bonds. The van der Waals surface area contributed by atoms with Crippen LogP contribution in [0.1, 0.15) is 26.2 Å². The highest BCUT2D eigenvalue weighted by atomic mass is 35.5. The average molecular weight is 501 g/mol. The van der Waals surface area contributed by atoms with Crippen molar-refractivity contribution in [2.75, 3.05) is 31.2 Å². The molecule has 1 spiro atoms. The van der Waals surface area contributed by atoms with Gasteiger partial charge in [0.25, 0.3) is 5.91 Å². The Balaban J connectivity index is 1.67. The first kappa shape index (κ1) is 24.0. The first-order chi connectivity index (χ1) is 16.9. The van der Waals surface area contributed by atoms with Crippen LogP contribution in [0.2, 0.25) is 5.02 Å². The van der Waals surface area contributed by atoms with Gasteiger partial charge in [0.15, 0.2) is 0 Å². The predicted octanol–water partition coefficient (Wildman–Crippen LogP) is 2.49. The number of carbonyl (C=O) groups is 3. The number of rotatable bonds is 5. The molecular weight excluding hydrogens is 472 g/mol. The van der Waals surface area contributed by atoms with E-state index in [9.17, 15) is 19.5 Å². The van der Waals surface area contributed by atoms with Crippen LogP contribution in [0.15, 0.2) is 48.6 Å². The molecule has 5 rings (SSSR count). The number of fused-ring (bicyclic) bond motifs is 2. The number of hydrogen-bond acceptors (Lipinski definition) is 6. The van der Waals surface area contributed by atoms with Gasteiger partial charge in [-0.25, -0.2) is 0 Å². The second-order valence-electron chi connectivity index (χ2n) is 9.39. The zero-order valence-electron chi connectivity index (χ0n) is 19.6. The van der Waals surface area contributed by atoms with Crippen LogP contribution in [-0.2, 0) is 23.9 Å². The summed E-state index contributed by atoms with van der Waals surface area (Å²) in [5.74, 6) is -2.97. The van der Waals surface area contributed by atoms with E-state index in [-0.39, 0.29) is 38.1 Å². The van der Waals surface area contributed by atoms with E-state index in [2.05, 4.69) is 0 Å². The molecule has 186 valence electrons. The van der Waals surface area contributed by atoms with Gasteiger partial charge in [0.05, 0.1) is 23.2 Å². The molecule has 0 aromatic heterocycles. The van der Waals surface area contributed by atoms with Gasteiger partial charge in [0.2, 0.25) is 5.91 Å². The first-order valence-corrected chi connectivity index (χ1v) is 12.5. The minimum atomic E-state index is -1.35. The fourth-order valence-corrected chi connectivity index (χ4v) is 6.33. The Labute approximate surface area is 209 Å². The third-order valence-corrected chi connectivity index (χ3v) is 7.92. The monoisotopic (exact) mass is 500 g/mol. The number of carbonyl (C=O) groups excluding carboxylic acids is 3. The number of benzene rings is 1. The van der Waals surface area contributed by atoms with Crippen LogP contribution in [0.4, 0.5) is 5.69 Å². The molecule has 1 N–H and O–H groups in total. The summed E-state index contributed by atoms with van der Waals surface area (Å²) in [5, 5.41) is 9.91. The Morgan fingerprint density at radius 1 is 1.11 bits per heavy atom. The second kappa shape index (κ2) is 9.08. The molecule has 35 heavy (non-hydrogen) atoms. The number of anilines is 1. The molecule has 4 aliphatic heterocycles. The molecule has 2 saturated heterocycles. The minimum absolute atomic E-state index is 0.139. The van der Waals surface area contributed by atoms with Crippen molar-refractivity contribution in [3.8, 4) is 0 Å². The lowest BCUT2D eigenvalue weighted by atomic mass is 9.73. The highest BCUT2D eigenvalue weighted by Gasteiger charge is 2.75. The number of nitrogens with zero attached hydrogens (tertiary/aromatic N) is 2. The number of hydrogen-bond donors (Lipinski definition) is 1. The molecule has 4 aliphatic rings. The largest absolute Gasteiger partial charge is 0.465 e.